The van der Waals surface area contributed by atoms with E-state index in [4.69, 9.17) is 24.8 Å². The standard InChI is InChI=1S/C17H21NO4.C15H19N3O6.C15H19N3O4.C11H20N2O6/c1-18(8-6-12-2-4-14(19)16(21)10-12)9-7-13-3-5-15(20)17(22)11-13;1-16(8-10-23-14-6-2-4-12(19)17(14)21)9-11-24-15-7-3-5-13(20)18(15)22;1-16(8-10-17-6-2-4-12(19)14(17)21)9-11-18-7-3-5-13(20)15(18)22;1-12-5-3-2-4-8(11(18)19)13(6-9(14)15)7-10(16)17/h2-5,10-11,19-22H,6-9H2,1H3;2-7,21-22H,8-11H2,1H3;2-7,19-20H,8-11H2,1H3;8,12H,2-7H2,1H3,(H,14,15)(H,16,17)(H,18,19). The Morgan fingerprint density at radius 2 is 0.931 bits per heavy atom. The number of phenols is 4. The molecule has 12 N–H and O–H groups in total. The highest BCUT2D eigenvalue weighted by Gasteiger charge is 2.28. The van der Waals surface area contributed by atoms with Gasteiger partial charge in [-0.3, -0.25) is 43.4 Å². The largest absolute Gasteiger partial charge is 0.504 e. The Morgan fingerprint density at radius 3 is 1.32 bits per heavy atom. The number of pyridine rings is 4. The van der Waals surface area contributed by atoms with Gasteiger partial charge >= 0.3 is 17.9 Å². The summed E-state index contributed by atoms with van der Waals surface area (Å²) in [7, 11) is 7.48. The average Bonchev–Trinajstić information content (AvgIpc) is 3.57. The summed E-state index contributed by atoms with van der Waals surface area (Å²) in [6.45, 7) is 4.79. The lowest BCUT2D eigenvalue weighted by atomic mass is 10.1. The SMILES string of the molecule is CN(CCOc1cccc(=O)n1O)CCOc1cccc(=O)n1O.CN(CCc1ccc(O)c(O)c1)CCc1ccc(O)c(O)c1.CN(CCn1cccc(O)c1=O)CCn1cccc(O)c1=O.CNCCCCC(C(=O)O)N(CC(=O)O)CC(=O)O. The summed E-state index contributed by atoms with van der Waals surface area (Å²) < 4.78 is 14.4. The number of nitrogens with one attached hydrogen (secondary N) is 1. The summed E-state index contributed by atoms with van der Waals surface area (Å²) in [4.78, 5) is 85.2. The monoisotopic (exact) mass is 1220 g/mol. The third-order valence-corrected chi connectivity index (χ3v) is 12.9. The van der Waals surface area contributed by atoms with Crippen LogP contribution >= 0.6 is 0 Å². The predicted octanol–water partition coefficient (Wildman–Crippen LogP) is 1.45. The molecule has 1 unspecified atom stereocenters. The first-order valence-corrected chi connectivity index (χ1v) is 27.3. The summed E-state index contributed by atoms with van der Waals surface area (Å²) in [5, 5.41) is 105. The van der Waals surface area contributed by atoms with Gasteiger partial charge in [-0.2, -0.15) is 0 Å². The molecule has 6 aromatic rings. The van der Waals surface area contributed by atoms with Crippen molar-refractivity contribution in [2.75, 3.05) is 100 Å². The van der Waals surface area contributed by atoms with Gasteiger partial charge in [0.1, 0.15) is 19.3 Å². The molecule has 0 saturated carbocycles. The molecule has 0 radical (unpaired) electrons. The molecular weight excluding hydrogens is 1140 g/mol. The number of rotatable bonds is 31. The number of hydrogen-bond donors (Lipinski definition) is 12. The number of unbranched alkanes of at least 4 members (excludes halogenated alkanes) is 1. The van der Waals surface area contributed by atoms with Gasteiger partial charge in [-0.15, -0.1) is 9.46 Å². The minimum atomic E-state index is -1.25. The number of nitrogens with zero attached hydrogens (tertiary/aromatic N) is 8. The molecule has 0 aliphatic rings. The first kappa shape index (κ1) is 71.7. The maximum absolute atomic E-state index is 11.7. The minimum Gasteiger partial charge on any atom is -0.504 e. The van der Waals surface area contributed by atoms with Crippen molar-refractivity contribution in [3.8, 4) is 46.3 Å². The van der Waals surface area contributed by atoms with E-state index in [1.165, 1.54) is 69.8 Å². The molecule has 6 rings (SSSR count). The van der Waals surface area contributed by atoms with Crippen LogP contribution in [0.5, 0.6) is 46.3 Å². The first-order valence-electron chi connectivity index (χ1n) is 27.3. The second kappa shape index (κ2) is 37.7. The van der Waals surface area contributed by atoms with Crippen molar-refractivity contribution < 1.29 is 80.2 Å². The maximum atomic E-state index is 11.7. The van der Waals surface area contributed by atoms with E-state index >= 15 is 0 Å². The number of aliphatic carboxylic acids is 3. The highest BCUT2D eigenvalue weighted by atomic mass is 16.6. The van der Waals surface area contributed by atoms with Gasteiger partial charge in [0.2, 0.25) is 11.8 Å². The van der Waals surface area contributed by atoms with E-state index in [1.54, 1.807) is 55.8 Å². The molecule has 0 saturated heterocycles. The summed E-state index contributed by atoms with van der Waals surface area (Å²) in [5.74, 6) is -4.50. The van der Waals surface area contributed by atoms with Gasteiger partial charge in [0.15, 0.2) is 34.5 Å². The molecule has 87 heavy (non-hydrogen) atoms. The van der Waals surface area contributed by atoms with E-state index in [9.17, 15) is 74.6 Å². The van der Waals surface area contributed by atoms with Crippen LogP contribution in [0.4, 0.5) is 0 Å². The number of aromatic nitrogens is 4. The number of hydrogen-bond acceptors (Lipinski definition) is 22. The molecule has 0 bridgehead atoms. The van der Waals surface area contributed by atoms with Crippen LogP contribution in [-0.4, -0.2) is 219 Å². The number of carboxylic acids is 3. The summed E-state index contributed by atoms with van der Waals surface area (Å²) in [6, 6.07) is 23.0. The van der Waals surface area contributed by atoms with Gasteiger partial charge in [0, 0.05) is 89.0 Å². The van der Waals surface area contributed by atoms with Crippen LogP contribution in [0.15, 0.2) is 129 Å². The number of phenolic OH excluding ortho intramolecular Hbond substituents is 4. The molecule has 2 aromatic carbocycles. The van der Waals surface area contributed by atoms with E-state index in [2.05, 4.69) is 10.2 Å². The lowest BCUT2D eigenvalue weighted by Gasteiger charge is -2.25. The summed E-state index contributed by atoms with van der Waals surface area (Å²) >= 11 is 0. The molecule has 476 valence electrons. The zero-order valence-corrected chi connectivity index (χ0v) is 48.9. The van der Waals surface area contributed by atoms with E-state index in [0.29, 0.717) is 55.2 Å². The van der Waals surface area contributed by atoms with Gasteiger partial charge in [0.05, 0.1) is 13.1 Å². The maximum Gasteiger partial charge on any atom is 0.320 e. The van der Waals surface area contributed by atoms with E-state index in [1.807, 2.05) is 30.9 Å². The highest BCUT2D eigenvalue weighted by Crippen LogP contribution is 2.26. The van der Waals surface area contributed by atoms with Crippen molar-refractivity contribution in [1.82, 2.24) is 43.5 Å². The molecule has 0 spiro atoms. The molecule has 0 aliphatic heterocycles. The molecule has 0 fully saturated rings. The Morgan fingerprint density at radius 1 is 0.517 bits per heavy atom. The first-order chi connectivity index (χ1) is 41.3. The van der Waals surface area contributed by atoms with Gasteiger partial charge in [-0.1, -0.05) is 30.7 Å². The van der Waals surface area contributed by atoms with Crippen molar-refractivity contribution in [3.63, 3.8) is 0 Å². The van der Waals surface area contributed by atoms with Crippen molar-refractivity contribution in [2.24, 2.45) is 0 Å². The summed E-state index contributed by atoms with van der Waals surface area (Å²) in [5.41, 5.74) is -0.0339. The fourth-order valence-corrected chi connectivity index (χ4v) is 7.86. The minimum absolute atomic E-state index is 0.0701. The van der Waals surface area contributed by atoms with Crippen LogP contribution in [0.2, 0.25) is 0 Å². The zero-order valence-electron chi connectivity index (χ0n) is 48.9. The van der Waals surface area contributed by atoms with Gasteiger partial charge in [-0.25, -0.2) is 0 Å². The van der Waals surface area contributed by atoms with E-state index in [0.717, 1.165) is 54.9 Å². The van der Waals surface area contributed by atoms with Crippen molar-refractivity contribution in [2.45, 2.75) is 51.2 Å². The second-order valence-electron chi connectivity index (χ2n) is 19.7. The lowest BCUT2D eigenvalue weighted by molar-refractivity contribution is -0.149. The molecule has 4 aromatic heterocycles. The molecule has 29 heteroatoms. The molecule has 29 nitrogen and oxygen atoms in total. The predicted molar refractivity (Wildman–Crippen MR) is 317 cm³/mol. The van der Waals surface area contributed by atoms with Crippen molar-refractivity contribution in [3.05, 3.63) is 162 Å². The number of ether oxygens (including phenoxy) is 2. The smallest absolute Gasteiger partial charge is 0.320 e. The highest BCUT2D eigenvalue weighted by molar-refractivity contribution is 5.78. The number of carboxylic acid groups (broad SMARTS) is 3. The van der Waals surface area contributed by atoms with Gasteiger partial charge in [0.25, 0.3) is 22.2 Å². The molecule has 1 atom stereocenters. The molecular formula is C58H79N9O20. The Hall–Kier alpha value is -9.55. The third kappa shape index (κ3) is 26.5. The fourth-order valence-electron chi connectivity index (χ4n) is 7.86. The third-order valence-electron chi connectivity index (χ3n) is 12.9. The molecule has 0 amide bonds. The van der Waals surface area contributed by atoms with Gasteiger partial charge in [-0.05, 0) is 120 Å². The zero-order chi connectivity index (χ0) is 64.6. The second-order valence-corrected chi connectivity index (χ2v) is 19.7. The quantitative estimate of drug-likeness (QED) is 0.0166. The number of benzene rings is 2. The van der Waals surface area contributed by atoms with Gasteiger partial charge < -0.3 is 90.1 Å². The molecule has 0 aliphatic carbocycles. The molecule has 4 heterocycles. The number of aromatic hydroxyl groups is 6. The normalized spacial score (nSPS) is 11.2. The van der Waals surface area contributed by atoms with Crippen molar-refractivity contribution in [1.29, 1.82) is 0 Å². The Bertz CT molecular complexity index is 3150. The Balaban J connectivity index is 0.000000305. The summed E-state index contributed by atoms with van der Waals surface area (Å²) in [6.07, 6.45) is 6.32. The average molecular weight is 1220 g/mol. The number of carbonyl (C=O) groups is 3. The van der Waals surface area contributed by atoms with Crippen LogP contribution in [0.1, 0.15) is 30.4 Å². The Kier molecular flexibility index (Phi) is 31.1. The van der Waals surface area contributed by atoms with Crippen LogP contribution < -0.4 is 37.0 Å². The van der Waals surface area contributed by atoms with Crippen LogP contribution in [0, 0.1) is 0 Å². The van der Waals surface area contributed by atoms with Crippen molar-refractivity contribution >= 4 is 17.9 Å². The lowest BCUT2D eigenvalue weighted by Crippen LogP contribution is -2.46. The Labute approximate surface area is 500 Å². The van der Waals surface area contributed by atoms with Crippen LogP contribution in [0.3, 0.4) is 0 Å². The fraction of sp³-hybridized carbons (Fsp3) is 0.397. The topological polar surface area (TPSA) is 405 Å². The van der Waals surface area contributed by atoms with Crippen LogP contribution in [-0.2, 0) is 40.3 Å². The van der Waals surface area contributed by atoms with E-state index in [-0.39, 0.29) is 65.9 Å². The van der Waals surface area contributed by atoms with Crippen LogP contribution in [0.25, 0.3) is 0 Å². The van der Waals surface area contributed by atoms with E-state index < -0.39 is 59.3 Å². The number of likely N-dealkylation sites (N-methyl/N-ethyl adjacent to an activating group) is 3.